The van der Waals surface area contributed by atoms with Gasteiger partial charge in [0.1, 0.15) is 0 Å². The second kappa shape index (κ2) is 4.80. The van der Waals surface area contributed by atoms with Gasteiger partial charge in [0.2, 0.25) is 15.9 Å². The third kappa shape index (κ3) is 2.30. The summed E-state index contributed by atoms with van der Waals surface area (Å²) in [7, 11) is -0.578. The smallest absolute Gasteiger partial charge is 0.246 e. The summed E-state index contributed by atoms with van der Waals surface area (Å²) in [5, 5.41) is -1.08. The van der Waals surface area contributed by atoms with Gasteiger partial charge >= 0.3 is 0 Å². The molecule has 7 heteroatoms. The van der Waals surface area contributed by atoms with Gasteiger partial charge in [-0.1, -0.05) is 0 Å². The highest BCUT2D eigenvalue weighted by Gasteiger charge is 2.37. The van der Waals surface area contributed by atoms with E-state index in [4.69, 9.17) is 0 Å². The number of nitrogens with zero attached hydrogens (tertiary/aromatic N) is 3. The molecule has 6 nitrogen and oxygen atoms in total. The number of fused-ring (bicyclic) bond motifs is 1. The lowest BCUT2D eigenvalue weighted by Crippen LogP contribution is -2.44. The molecule has 104 valence electrons. The largest absolute Gasteiger partial charge is 0.348 e. The fourth-order valence-electron chi connectivity index (χ4n) is 2.14. The highest BCUT2D eigenvalue weighted by Crippen LogP contribution is 2.30. The molecule has 0 aromatic carbocycles. The number of amides is 1. The molecule has 1 unspecified atom stereocenters. The maximum atomic E-state index is 12.5. The lowest BCUT2D eigenvalue weighted by Gasteiger charge is -2.25. The Morgan fingerprint density at radius 3 is 2.79 bits per heavy atom. The molecule has 19 heavy (non-hydrogen) atoms. The number of hydrogen-bond donors (Lipinski definition) is 0. The van der Waals surface area contributed by atoms with Gasteiger partial charge in [-0.15, -0.1) is 0 Å². The average Bonchev–Trinajstić information content (AvgIpc) is 2.81. The third-order valence-corrected chi connectivity index (χ3v) is 5.36. The van der Waals surface area contributed by atoms with E-state index in [1.807, 2.05) is 0 Å². The van der Waals surface area contributed by atoms with Crippen LogP contribution in [0.15, 0.2) is 18.5 Å². The van der Waals surface area contributed by atoms with Gasteiger partial charge in [-0.3, -0.25) is 14.1 Å². The predicted molar refractivity (Wildman–Crippen MR) is 72.4 cm³/mol. The van der Waals surface area contributed by atoms with E-state index in [1.165, 1.54) is 16.1 Å². The summed E-state index contributed by atoms with van der Waals surface area (Å²) in [5.74, 6) is -0.414. The minimum Gasteiger partial charge on any atom is -0.348 e. The lowest BCUT2D eigenvalue weighted by atomic mass is 10.2. The van der Waals surface area contributed by atoms with Gasteiger partial charge in [-0.05, 0) is 25.0 Å². The number of sulfonamides is 1. The summed E-state index contributed by atoms with van der Waals surface area (Å²) in [6.07, 6.45) is 3.86. The van der Waals surface area contributed by atoms with E-state index in [0.717, 1.165) is 5.56 Å². The Morgan fingerprint density at radius 1 is 1.47 bits per heavy atom. The molecule has 2 heterocycles. The van der Waals surface area contributed by atoms with Crippen LogP contribution >= 0.6 is 0 Å². The Labute approximate surface area is 113 Å². The van der Waals surface area contributed by atoms with Gasteiger partial charge < -0.3 is 4.90 Å². The van der Waals surface area contributed by atoms with Gasteiger partial charge in [0, 0.05) is 33.0 Å². The van der Waals surface area contributed by atoms with E-state index in [1.54, 1.807) is 32.6 Å². The highest BCUT2D eigenvalue weighted by atomic mass is 32.2. The molecular weight excluding hydrogens is 266 g/mol. The maximum absolute atomic E-state index is 12.5. The zero-order valence-electron chi connectivity index (χ0n) is 11.2. The fourth-order valence-corrected chi connectivity index (χ4v) is 3.79. The van der Waals surface area contributed by atoms with Crippen molar-refractivity contribution >= 4 is 21.6 Å². The molecule has 0 saturated carbocycles. The number of carbonyl (C=O) groups is 1. The van der Waals surface area contributed by atoms with Crippen LogP contribution in [0, 0.1) is 0 Å². The molecule has 1 amide bonds. The molecule has 0 spiro atoms. The number of carbonyl (C=O) groups excluding carboxylic acids is 1. The van der Waals surface area contributed by atoms with Crippen molar-refractivity contribution < 1.29 is 13.2 Å². The molecule has 2 rings (SSSR count). The van der Waals surface area contributed by atoms with Gasteiger partial charge in [0.15, 0.2) is 5.25 Å². The standard InChI is InChI=1S/C12H17N3O3S/c1-9(12(16)14(2)3)19(17,18)15-7-5-10-8-13-6-4-11(10)15/h4,6,8-9H,5,7H2,1-3H3. The zero-order chi connectivity index (χ0) is 14.2. The number of pyridine rings is 1. The summed E-state index contributed by atoms with van der Waals surface area (Å²) in [5.41, 5.74) is 1.53. The van der Waals surface area contributed by atoms with Crippen molar-refractivity contribution in [3.8, 4) is 0 Å². The Bertz CT molecular complexity index is 598. The molecule has 0 N–H and O–H groups in total. The van der Waals surface area contributed by atoms with Crippen LogP contribution in [0.2, 0.25) is 0 Å². The molecular formula is C12H17N3O3S. The van der Waals surface area contributed by atoms with Crippen LogP contribution in [-0.4, -0.2) is 50.1 Å². The Balaban J connectivity index is 2.35. The van der Waals surface area contributed by atoms with Crippen LogP contribution in [-0.2, 0) is 21.2 Å². The van der Waals surface area contributed by atoms with Gasteiger partial charge in [-0.25, -0.2) is 8.42 Å². The van der Waals surface area contributed by atoms with E-state index in [0.29, 0.717) is 18.7 Å². The molecule has 0 fully saturated rings. The molecule has 0 saturated heterocycles. The topological polar surface area (TPSA) is 70.6 Å². The summed E-state index contributed by atoms with van der Waals surface area (Å²) >= 11 is 0. The first-order valence-corrected chi connectivity index (χ1v) is 7.51. The molecule has 1 atom stereocenters. The molecule has 1 aliphatic heterocycles. The lowest BCUT2D eigenvalue weighted by molar-refractivity contribution is -0.127. The van der Waals surface area contributed by atoms with Crippen molar-refractivity contribution in [2.75, 3.05) is 24.9 Å². The van der Waals surface area contributed by atoms with Crippen molar-refractivity contribution in [3.05, 3.63) is 24.0 Å². The van der Waals surface area contributed by atoms with Crippen LogP contribution in [0.5, 0.6) is 0 Å². The summed E-state index contributed by atoms with van der Waals surface area (Å²) in [4.78, 5) is 17.1. The number of rotatable bonds is 3. The van der Waals surface area contributed by atoms with Crippen molar-refractivity contribution in [2.24, 2.45) is 0 Å². The summed E-state index contributed by atoms with van der Waals surface area (Å²) < 4.78 is 26.3. The Morgan fingerprint density at radius 2 is 2.16 bits per heavy atom. The van der Waals surface area contributed by atoms with Crippen LogP contribution in [0.4, 0.5) is 5.69 Å². The van der Waals surface area contributed by atoms with Crippen molar-refractivity contribution in [2.45, 2.75) is 18.6 Å². The average molecular weight is 283 g/mol. The fraction of sp³-hybridized carbons (Fsp3) is 0.500. The molecule has 0 bridgehead atoms. The Hall–Kier alpha value is -1.63. The minimum absolute atomic E-state index is 0.369. The van der Waals surface area contributed by atoms with Gasteiger partial charge in [0.05, 0.1) is 5.69 Å². The van der Waals surface area contributed by atoms with Crippen LogP contribution in [0.3, 0.4) is 0 Å². The van der Waals surface area contributed by atoms with Crippen LogP contribution in [0.25, 0.3) is 0 Å². The Kier molecular flexibility index (Phi) is 3.49. The van der Waals surface area contributed by atoms with E-state index in [9.17, 15) is 13.2 Å². The molecule has 1 aromatic rings. The quantitative estimate of drug-likeness (QED) is 0.797. The molecule has 0 aliphatic carbocycles. The van der Waals surface area contributed by atoms with Gasteiger partial charge in [-0.2, -0.15) is 0 Å². The molecule has 0 radical (unpaired) electrons. The van der Waals surface area contributed by atoms with Gasteiger partial charge in [0.25, 0.3) is 0 Å². The number of aromatic nitrogens is 1. The first kappa shape index (κ1) is 13.8. The van der Waals surface area contributed by atoms with Crippen LogP contribution in [0.1, 0.15) is 12.5 Å². The van der Waals surface area contributed by atoms with Crippen molar-refractivity contribution in [1.29, 1.82) is 0 Å². The second-order valence-electron chi connectivity index (χ2n) is 4.75. The molecule has 1 aliphatic rings. The second-order valence-corrected chi connectivity index (χ2v) is 6.92. The minimum atomic E-state index is -3.68. The van der Waals surface area contributed by atoms with E-state index >= 15 is 0 Å². The zero-order valence-corrected chi connectivity index (χ0v) is 12.0. The highest BCUT2D eigenvalue weighted by molar-refractivity contribution is 7.94. The maximum Gasteiger partial charge on any atom is 0.246 e. The monoisotopic (exact) mass is 283 g/mol. The van der Waals surface area contributed by atoms with E-state index in [2.05, 4.69) is 4.98 Å². The SMILES string of the molecule is CC(C(=O)N(C)C)S(=O)(=O)N1CCc2cnccc21. The molecule has 1 aromatic heterocycles. The first-order valence-electron chi connectivity index (χ1n) is 6.01. The number of anilines is 1. The third-order valence-electron chi connectivity index (χ3n) is 3.27. The number of hydrogen-bond acceptors (Lipinski definition) is 4. The predicted octanol–water partition coefficient (Wildman–Crippen LogP) is 0.251. The van der Waals surface area contributed by atoms with Crippen LogP contribution < -0.4 is 4.31 Å². The summed E-state index contributed by atoms with van der Waals surface area (Å²) in [6, 6.07) is 1.67. The van der Waals surface area contributed by atoms with Crippen molar-refractivity contribution in [1.82, 2.24) is 9.88 Å². The summed E-state index contributed by atoms with van der Waals surface area (Å²) in [6.45, 7) is 1.80. The normalized spacial score (nSPS) is 16.1. The van der Waals surface area contributed by atoms with E-state index in [-0.39, 0.29) is 0 Å². The van der Waals surface area contributed by atoms with E-state index < -0.39 is 21.2 Å². The first-order chi connectivity index (χ1) is 8.85. The van der Waals surface area contributed by atoms with Crippen molar-refractivity contribution in [3.63, 3.8) is 0 Å².